The van der Waals surface area contributed by atoms with Crippen LogP contribution < -0.4 is 4.74 Å². The number of Topliss-reactive ketones (excluding diaryl/α,β-unsaturated/α-hetero) is 1. The number of methoxy groups -OCH3 is 1. The van der Waals surface area contributed by atoms with Crippen LogP contribution in [0.2, 0.25) is 0 Å². The Bertz CT molecular complexity index is 441. The van der Waals surface area contributed by atoms with Crippen molar-refractivity contribution in [1.82, 2.24) is 9.80 Å². The van der Waals surface area contributed by atoms with Crippen molar-refractivity contribution < 1.29 is 14.3 Å². The number of ketones is 1. The van der Waals surface area contributed by atoms with Gasteiger partial charge in [0.1, 0.15) is 5.75 Å². The second kappa shape index (κ2) is 6.89. The van der Waals surface area contributed by atoms with Crippen molar-refractivity contribution in [3.63, 3.8) is 0 Å². The topological polar surface area (TPSA) is 49.9 Å². The smallest absolute Gasteiger partial charge is 0.236 e. The summed E-state index contributed by atoms with van der Waals surface area (Å²) in [5.74, 6) is 0.675. The molecule has 5 heteroatoms. The van der Waals surface area contributed by atoms with E-state index in [1.54, 1.807) is 57.4 Å². The standard InChI is InChI=1S/C14H20N2O3/c1-15(2)14(18)10-16(3)9-13(17)11-5-7-12(19-4)8-6-11/h5-8H,9-10H2,1-4H3. The van der Waals surface area contributed by atoms with Crippen molar-refractivity contribution in [3.8, 4) is 5.75 Å². The Morgan fingerprint density at radius 1 is 1.05 bits per heavy atom. The lowest BCUT2D eigenvalue weighted by Gasteiger charge is -2.18. The second-order valence-corrected chi connectivity index (χ2v) is 4.61. The van der Waals surface area contributed by atoms with Gasteiger partial charge in [-0.3, -0.25) is 14.5 Å². The Morgan fingerprint density at radius 3 is 2.11 bits per heavy atom. The molecule has 0 bridgehead atoms. The van der Waals surface area contributed by atoms with E-state index < -0.39 is 0 Å². The number of likely N-dealkylation sites (N-methyl/N-ethyl adjacent to an activating group) is 2. The van der Waals surface area contributed by atoms with Gasteiger partial charge in [-0.2, -0.15) is 0 Å². The molecule has 0 aliphatic carbocycles. The largest absolute Gasteiger partial charge is 0.497 e. The Morgan fingerprint density at radius 2 is 1.63 bits per heavy atom. The third-order valence-corrected chi connectivity index (χ3v) is 2.73. The number of nitrogens with zero attached hydrogens (tertiary/aromatic N) is 2. The lowest BCUT2D eigenvalue weighted by Crippen LogP contribution is -2.36. The van der Waals surface area contributed by atoms with Crippen molar-refractivity contribution in [3.05, 3.63) is 29.8 Å². The lowest BCUT2D eigenvalue weighted by molar-refractivity contribution is -0.129. The zero-order valence-electron chi connectivity index (χ0n) is 11.8. The molecule has 0 atom stereocenters. The third kappa shape index (κ3) is 4.71. The molecule has 104 valence electrons. The average molecular weight is 264 g/mol. The summed E-state index contributed by atoms with van der Waals surface area (Å²) in [6, 6.07) is 6.95. The fourth-order valence-corrected chi connectivity index (χ4v) is 1.54. The van der Waals surface area contributed by atoms with Crippen molar-refractivity contribution in [2.24, 2.45) is 0 Å². The molecule has 0 aromatic heterocycles. The van der Waals surface area contributed by atoms with Gasteiger partial charge in [0.2, 0.25) is 5.91 Å². The van der Waals surface area contributed by atoms with Gasteiger partial charge in [-0.15, -0.1) is 0 Å². The van der Waals surface area contributed by atoms with Crippen molar-refractivity contribution >= 4 is 11.7 Å². The zero-order chi connectivity index (χ0) is 14.4. The summed E-state index contributed by atoms with van der Waals surface area (Å²) >= 11 is 0. The van der Waals surface area contributed by atoms with E-state index in [1.165, 1.54) is 4.90 Å². The number of hydrogen-bond donors (Lipinski definition) is 0. The van der Waals surface area contributed by atoms with Crippen molar-refractivity contribution in [1.29, 1.82) is 0 Å². The first-order valence-corrected chi connectivity index (χ1v) is 6.00. The van der Waals surface area contributed by atoms with E-state index in [-0.39, 0.29) is 24.8 Å². The highest BCUT2D eigenvalue weighted by molar-refractivity contribution is 5.97. The Balaban J connectivity index is 2.56. The summed E-state index contributed by atoms with van der Waals surface area (Å²) in [5.41, 5.74) is 0.616. The number of hydrogen-bond acceptors (Lipinski definition) is 4. The fraction of sp³-hybridized carbons (Fsp3) is 0.429. The van der Waals surface area contributed by atoms with Crippen LogP contribution in [-0.4, -0.2) is 62.8 Å². The molecule has 0 spiro atoms. The van der Waals surface area contributed by atoms with Gasteiger partial charge in [0.25, 0.3) is 0 Å². The molecule has 0 aliphatic rings. The molecule has 0 radical (unpaired) electrons. The normalized spacial score (nSPS) is 10.4. The monoisotopic (exact) mass is 264 g/mol. The SMILES string of the molecule is COc1ccc(C(=O)CN(C)CC(=O)N(C)C)cc1. The van der Waals surface area contributed by atoms with E-state index in [1.807, 2.05) is 0 Å². The molecule has 1 rings (SSSR count). The summed E-state index contributed by atoms with van der Waals surface area (Å²) in [4.78, 5) is 26.7. The van der Waals surface area contributed by atoms with Gasteiger partial charge in [0, 0.05) is 19.7 Å². The van der Waals surface area contributed by atoms with Crippen LogP contribution in [-0.2, 0) is 4.79 Å². The minimum Gasteiger partial charge on any atom is -0.497 e. The predicted octanol–water partition coefficient (Wildman–Crippen LogP) is 0.898. The molecule has 1 amide bonds. The van der Waals surface area contributed by atoms with Gasteiger partial charge in [-0.25, -0.2) is 0 Å². The van der Waals surface area contributed by atoms with Gasteiger partial charge in [-0.1, -0.05) is 0 Å². The van der Waals surface area contributed by atoms with Crippen LogP contribution >= 0.6 is 0 Å². The minimum absolute atomic E-state index is 0.0169. The fourth-order valence-electron chi connectivity index (χ4n) is 1.54. The van der Waals surface area contributed by atoms with Crippen LogP contribution in [0.1, 0.15) is 10.4 Å². The van der Waals surface area contributed by atoms with Crippen LogP contribution in [0, 0.1) is 0 Å². The quantitative estimate of drug-likeness (QED) is 0.716. The third-order valence-electron chi connectivity index (χ3n) is 2.73. The average Bonchev–Trinajstić information content (AvgIpc) is 2.38. The molecule has 1 aromatic carbocycles. The summed E-state index contributed by atoms with van der Waals surface area (Å²) in [7, 11) is 6.73. The number of rotatable bonds is 6. The molecule has 19 heavy (non-hydrogen) atoms. The van der Waals surface area contributed by atoms with E-state index in [0.717, 1.165) is 0 Å². The van der Waals surface area contributed by atoms with Crippen LogP contribution in [0.15, 0.2) is 24.3 Å². The van der Waals surface area contributed by atoms with Gasteiger partial charge < -0.3 is 9.64 Å². The molecular weight excluding hydrogens is 244 g/mol. The van der Waals surface area contributed by atoms with Gasteiger partial charge in [0.15, 0.2) is 5.78 Å². The molecule has 0 unspecified atom stereocenters. The maximum Gasteiger partial charge on any atom is 0.236 e. The van der Waals surface area contributed by atoms with Crippen LogP contribution in [0.5, 0.6) is 5.75 Å². The number of carbonyl (C=O) groups is 2. The molecule has 0 saturated carbocycles. The van der Waals surface area contributed by atoms with Gasteiger partial charge in [-0.05, 0) is 31.3 Å². The van der Waals surface area contributed by atoms with Crippen molar-refractivity contribution in [2.45, 2.75) is 0 Å². The highest BCUT2D eigenvalue weighted by atomic mass is 16.5. The zero-order valence-corrected chi connectivity index (χ0v) is 11.8. The van der Waals surface area contributed by atoms with E-state index in [2.05, 4.69) is 0 Å². The minimum atomic E-state index is -0.0231. The molecule has 0 aliphatic heterocycles. The summed E-state index contributed by atoms with van der Waals surface area (Å²) in [5, 5.41) is 0. The Hall–Kier alpha value is -1.88. The van der Waals surface area contributed by atoms with Crippen LogP contribution in [0.25, 0.3) is 0 Å². The van der Waals surface area contributed by atoms with Gasteiger partial charge in [0.05, 0.1) is 20.2 Å². The Labute approximate surface area is 113 Å². The van der Waals surface area contributed by atoms with Gasteiger partial charge >= 0.3 is 0 Å². The number of carbonyl (C=O) groups excluding carboxylic acids is 2. The first kappa shape index (κ1) is 15.2. The molecule has 0 N–H and O–H groups in total. The lowest BCUT2D eigenvalue weighted by atomic mass is 10.1. The number of ether oxygens (including phenoxy) is 1. The predicted molar refractivity (Wildman–Crippen MR) is 73.5 cm³/mol. The summed E-state index contributed by atoms with van der Waals surface area (Å²) < 4.78 is 5.04. The first-order valence-electron chi connectivity index (χ1n) is 6.00. The summed E-state index contributed by atoms with van der Waals surface area (Å²) in [6.07, 6.45) is 0. The van der Waals surface area contributed by atoms with E-state index in [0.29, 0.717) is 11.3 Å². The highest BCUT2D eigenvalue weighted by Gasteiger charge is 2.13. The van der Waals surface area contributed by atoms with Crippen LogP contribution in [0.3, 0.4) is 0 Å². The highest BCUT2D eigenvalue weighted by Crippen LogP contribution is 2.11. The maximum absolute atomic E-state index is 12.0. The van der Waals surface area contributed by atoms with Crippen LogP contribution in [0.4, 0.5) is 0 Å². The van der Waals surface area contributed by atoms with E-state index in [9.17, 15) is 9.59 Å². The Kier molecular flexibility index (Phi) is 5.51. The number of amides is 1. The van der Waals surface area contributed by atoms with Crippen molar-refractivity contribution in [2.75, 3.05) is 41.3 Å². The summed E-state index contributed by atoms with van der Waals surface area (Å²) in [6.45, 7) is 0.445. The maximum atomic E-state index is 12.0. The number of benzene rings is 1. The molecular formula is C14H20N2O3. The van der Waals surface area contributed by atoms with E-state index in [4.69, 9.17) is 4.74 Å². The molecule has 0 fully saturated rings. The molecule has 5 nitrogen and oxygen atoms in total. The molecule has 0 saturated heterocycles. The van der Waals surface area contributed by atoms with E-state index >= 15 is 0 Å². The molecule has 1 aromatic rings. The molecule has 0 heterocycles. The first-order chi connectivity index (χ1) is 8.93. The second-order valence-electron chi connectivity index (χ2n) is 4.61.